The van der Waals surface area contributed by atoms with Crippen LogP contribution in [0.1, 0.15) is 108 Å². The molecule has 0 saturated heterocycles. The SMILES string of the molecule is C.C.CC(C)(C)C[N-]CC(C)(C)C.CC(C)(C)C[N-]CC(C)(C)C.[2H]C(C)=O.[2H]C([NH-])=O.[K+].[K+].[NH2-]. The van der Waals surface area contributed by atoms with Gasteiger partial charge in [-0.15, -0.1) is 26.2 Å². The summed E-state index contributed by atoms with van der Waals surface area (Å²) >= 11 is 0. The maximum Gasteiger partial charge on any atom is 1.00 e. The van der Waals surface area contributed by atoms with Crippen molar-refractivity contribution in [3.05, 3.63) is 22.5 Å². The van der Waals surface area contributed by atoms with E-state index < -0.39 is 12.6 Å². The third-order valence-electron chi connectivity index (χ3n) is 2.34. The summed E-state index contributed by atoms with van der Waals surface area (Å²) in [6.45, 7) is 31.8. The van der Waals surface area contributed by atoms with Gasteiger partial charge in [-0.25, -0.2) is 0 Å². The number of hydrogen-bond acceptors (Lipinski definition) is 2. The molecule has 0 aliphatic carbocycles. The Morgan fingerprint density at radius 2 is 0.727 bits per heavy atom. The summed E-state index contributed by atoms with van der Waals surface area (Å²) in [5.74, 6) is 0. The predicted octanol–water partition coefficient (Wildman–Crippen LogP) is 3.30. The van der Waals surface area contributed by atoms with Crippen molar-refractivity contribution in [2.24, 2.45) is 21.7 Å². The number of hydrogen-bond donors (Lipinski definition) is 0. The van der Waals surface area contributed by atoms with E-state index in [0.29, 0.717) is 21.7 Å². The summed E-state index contributed by atoms with van der Waals surface area (Å²) in [7, 11) is 0. The Morgan fingerprint density at radius 3 is 0.788 bits per heavy atom. The average molecular weight is 529 g/mol. The zero-order valence-corrected chi connectivity index (χ0v) is 29.9. The molecule has 33 heavy (non-hydrogen) atoms. The second kappa shape index (κ2) is 32.3. The number of amides is 1. The summed E-state index contributed by atoms with van der Waals surface area (Å²) in [5, 5.41) is 9.03. The van der Waals surface area contributed by atoms with Crippen LogP contribution in [0.5, 0.6) is 0 Å². The van der Waals surface area contributed by atoms with Gasteiger partial charge >= 0.3 is 103 Å². The van der Waals surface area contributed by atoms with Crippen molar-refractivity contribution in [2.75, 3.05) is 26.2 Å². The van der Waals surface area contributed by atoms with E-state index >= 15 is 0 Å². The molecule has 8 heteroatoms. The minimum absolute atomic E-state index is 0. The molecule has 0 radical (unpaired) electrons. The summed E-state index contributed by atoms with van der Waals surface area (Å²) < 4.78 is 11.6. The monoisotopic (exact) mass is 528 g/mol. The molecule has 0 rings (SSSR count). The van der Waals surface area contributed by atoms with Crippen LogP contribution in [-0.2, 0) is 9.59 Å². The van der Waals surface area contributed by atoms with Gasteiger partial charge in [0.05, 0.1) is 1.37 Å². The number of aldehydes is 1. The number of rotatable bonds is 4. The van der Waals surface area contributed by atoms with Crippen molar-refractivity contribution in [3.8, 4) is 0 Å². The van der Waals surface area contributed by atoms with Gasteiger partial charge in [-0.1, -0.05) is 120 Å². The molecule has 0 aromatic rings. The Hall–Kier alpha value is 2.29. The Balaban J connectivity index is -0.0000000381. The van der Waals surface area contributed by atoms with Crippen molar-refractivity contribution in [2.45, 2.75) is 105 Å². The van der Waals surface area contributed by atoms with Crippen molar-refractivity contribution >= 4 is 12.6 Å². The standard InChI is InChI=1S/2C10H22N.C2H4O.CH3NO.2CH4.2K.H2N/c2*1-9(2,3)7-11-8-10(4,5)6;1-2-3;2-1-3;;;;;/h2*7-8H2,1-6H3;2H,1H3;1H,(H2,2,3);2*1H4;;;1H2/q2*-1;;;;;2*+1;-1/p-1/i;;2D;1D;;;;;. The first-order chi connectivity index (χ1) is 12.9. The third-order valence-corrected chi connectivity index (χ3v) is 2.34. The number of carbonyl (C=O) groups excluding carboxylic acids is 2. The molecule has 0 spiro atoms. The molecule has 0 atom stereocenters. The van der Waals surface area contributed by atoms with Crippen LogP contribution < -0.4 is 103 Å². The summed E-state index contributed by atoms with van der Waals surface area (Å²) in [4.78, 5) is 17.9. The molecule has 0 aliphatic rings. The minimum Gasteiger partial charge on any atom is -0.693 e. The minimum atomic E-state index is -1.33. The van der Waals surface area contributed by atoms with Crippen LogP contribution in [0.25, 0.3) is 22.5 Å². The van der Waals surface area contributed by atoms with Crippen LogP contribution in [0.2, 0.25) is 0 Å². The molecule has 0 aliphatic heterocycles. The quantitative estimate of drug-likeness (QED) is 0.411. The van der Waals surface area contributed by atoms with E-state index in [4.69, 9.17) is 18.1 Å². The topological polar surface area (TPSA) is 120 Å². The Morgan fingerprint density at radius 1 is 0.636 bits per heavy atom. The van der Waals surface area contributed by atoms with E-state index in [-0.39, 0.29) is 124 Å². The van der Waals surface area contributed by atoms with Crippen LogP contribution in [0, 0.1) is 21.7 Å². The van der Waals surface area contributed by atoms with Gasteiger partial charge in [0.15, 0.2) is 0 Å². The van der Waals surface area contributed by atoms with Gasteiger partial charge in [0, 0.05) is 6.39 Å². The zero-order chi connectivity index (χ0) is 25.4. The van der Waals surface area contributed by atoms with Gasteiger partial charge < -0.3 is 32.1 Å². The van der Waals surface area contributed by atoms with Gasteiger partial charge in [0.25, 0.3) is 0 Å². The van der Waals surface area contributed by atoms with Crippen LogP contribution in [0.15, 0.2) is 0 Å². The molecular weight excluding hydrogens is 466 g/mol. The first kappa shape index (κ1) is 51.8. The van der Waals surface area contributed by atoms with Crippen LogP contribution in [0.4, 0.5) is 0 Å². The number of nitrogens with two attached hydrogens (primary N) is 1. The van der Waals surface area contributed by atoms with E-state index in [1.807, 2.05) is 0 Å². The Kier molecular flexibility index (Phi) is 50.8. The molecule has 1 amide bonds. The Labute approximate surface area is 298 Å². The average Bonchev–Trinajstić information content (AvgIpc) is 2.30. The van der Waals surface area contributed by atoms with Crippen molar-refractivity contribution in [1.82, 2.24) is 0 Å². The molecule has 0 aromatic carbocycles. The van der Waals surface area contributed by atoms with Crippen LogP contribution in [0.3, 0.4) is 0 Å². The van der Waals surface area contributed by atoms with Gasteiger partial charge in [-0.3, -0.25) is 0 Å². The van der Waals surface area contributed by atoms with Crippen molar-refractivity contribution < 1.29 is 115 Å². The fraction of sp³-hybridized carbons (Fsp3) is 0.920. The molecule has 0 saturated carbocycles. The fourth-order valence-electron chi connectivity index (χ4n) is 1.45. The molecule has 0 aromatic heterocycles. The molecule has 0 fully saturated rings. The smallest absolute Gasteiger partial charge is 0.693 e. The molecule has 196 valence electrons. The number of carbonyl (C=O) groups is 2. The van der Waals surface area contributed by atoms with Crippen LogP contribution in [-0.4, -0.2) is 38.8 Å². The zero-order valence-electron chi connectivity index (χ0n) is 25.6. The summed E-state index contributed by atoms with van der Waals surface area (Å²) in [5.41, 5.74) is 7.02. The fourth-order valence-corrected chi connectivity index (χ4v) is 1.45. The van der Waals surface area contributed by atoms with E-state index in [1.54, 1.807) is 0 Å². The van der Waals surface area contributed by atoms with Gasteiger partial charge in [0.1, 0.15) is 7.63 Å². The third kappa shape index (κ3) is 107. The first-order valence-corrected chi connectivity index (χ1v) is 9.84. The number of nitrogens with zero attached hydrogens (tertiary/aromatic N) is 2. The van der Waals surface area contributed by atoms with Gasteiger partial charge in [-0.05, 0) is 6.92 Å². The Bertz CT molecular complexity index is 378. The maximum atomic E-state index is 9.11. The van der Waals surface area contributed by atoms with Gasteiger partial charge in [0.2, 0.25) is 0 Å². The van der Waals surface area contributed by atoms with E-state index in [9.17, 15) is 0 Å². The normalized spacial score (nSPS) is 10.7. The summed E-state index contributed by atoms with van der Waals surface area (Å²) in [6, 6.07) is 0. The second-order valence-electron chi connectivity index (χ2n) is 11.6. The van der Waals surface area contributed by atoms with Crippen molar-refractivity contribution in [3.63, 3.8) is 0 Å². The summed E-state index contributed by atoms with van der Waals surface area (Å²) in [6.07, 6.45) is -1.92. The first-order valence-electron chi connectivity index (χ1n) is 10.8. The maximum absolute atomic E-state index is 9.11. The largest absolute Gasteiger partial charge is 1.00 e. The molecule has 3 N–H and O–H groups in total. The molecular formula is C25H60K2N4O2-2. The van der Waals surface area contributed by atoms with E-state index in [2.05, 4.69) is 93.7 Å². The molecule has 0 heterocycles. The molecule has 6 nitrogen and oxygen atoms in total. The molecule has 0 bridgehead atoms. The van der Waals surface area contributed by atoms with E-state index in [0.717, 1.165) is 26.2 Å². The predicted molar refractivity (Wildman–Crippen MR) is 145 cm³/mol. The second-order valence-corrected chi connectivity index (χ2v) is 11.6. The van der Waals surface area contributed by atoms with Gasteiger partial charge in [-0.2, -0.15) is 0 Å². The number of nitrogens with one attached hydrogen (secondary N) is 1. The molecule has 0 unspecified atom stereocenters. The van der Waals surface area contributed by atoms with Crippen molar-refractivity contribution in [1.29, 1.82) is 0 Å². The van der Waals surface area contributed by atoms with Crippen LogP contribution >= 0.6 is 0 Å². The van der Waals surface area contributed by atoms with E-state index in [1.165, 1.54) is 6.92 Å².